The van der Waals surface area contributed by atoms with Crippen LogP contribution in [0.1, 0.15) is 5.56 Å². The van der Waals surface area contributed by atoms with E-state index in [1.165, 1.54) is 0 Å². The average Bonchev–Trinajstić information content (AvgIpc) is 2.44. The second kappa shape index (κ2) is 7.09. The molecule has 3 nitrogen and oxygen atoms in total. The molecule has 110 valence electrons. The van der Waals surface area contributed by atoms with Crippen LogP contribution in [-0.4, -0.2) is 12.1 Å². The average molecular weight is 496 g/mol. The third-order valence-electron chi connectivity index (χ3n) is 2.63. The highest BCUT2D eigenvalue weighted by molar-refractivity contribution is 9.11. The zero-order chi connectivity index (χ0) is 15.6. The topological polar surface area (TPSA) is 44.5 Å². The third kappa shape index (κ3) is 3.97. The molecule has 0 spiro atoms. The van der Waals surface area contributed by atoms with Crippen molar-refractivity contribution in [2.75, 3.05) is 7.11 Å². The van der Waals surface area contributed by atoms with Crippen molar-refractivity contribution in [1.29, 1.82) is 0 Å². The van der Waals surface area contributed by atoms with Gasteiger partial charge in [-0.25, -0.2) is 0 Å². The maximum atomic E-state index is 5.92. The van der Waals surface area contributed by atoms with Crippen LogP contribution in [0.3, 0.4) is 0 Å². The monoisotopic (exact) mass is 493 g/mol. The van der Waals surface area contributed by atoms with Crippen LogP contribution in [0.2, 0.25) is 0 Å². The summed E-state index contributed by atoms with van der Waals surface area (Å²) in [7, 11) is 1.60. The van der Waals surface area contributed by atoms with Crippen molar-refractivity contribution < 1.29 is 9.47 Å². The van der Waals surface area contributed by atoms with Crippen LogP contribution < -0.4 is 15.2 Å². The fourth-order valence-electron chi connectivity index (χ4n) is 1.65. The molecule has 0 aliphatic carbocycles. The van der Waals surface area contributed by atoms with E-state index in [2.05, 4.69) is 47.8 Å². The Morgan fingerprint density at radius 1 is 1.00 bits per heavy atom. The van der Waals surface area contributed by atoms with E-state index in [1.54, 1.807) is 7.11 Å². The molecule has 2 aromatic carbocycles. The van der Waals surface area contributed by atoms with Gasteiger partial charge in [-0.3, -0.25) is 0 Å². The van der Waals surface area contributed by atoms with Crippen LogP contribution in [0.25, 0.3) is 0 Å². The zero-order valence-corrected chi connectivity index (χ0v) is 16.4. The van der Waals surface area contributed by atoms with Gasteiger partial charge >= 0.3 is 0 Å². The predicted octanol–water partition coefficient (Wildman–Crippen LogP) is 5.41. The van der Waals surface area contributed by atoms with Crippen molar-refractivity contribution in [2.45, 2.75) is 0 Å². The molecule has 0 radical (unpaired) electrons. The van der Waals surface area contributed by atoms with E-state index in [9.17, 15) is 0 Å². The van der Waals surface area contributed by atoms with Gasteiger partial charge in [0.2, 0.25) is 0 Å². The molecular formula is C14H10Br3NO2S. The van der Waals surface area contributed by atoms with E-state index >= 15 is 0 Å². The number of methoxy groups -OCH3 is 1. The SMILES string of the molecule is COc1cc(Br)c(Oc2ccc(Br)cc2C(N)=S)cc1Br. The third-order valence-corrected chi connectivity index (χ3v) is 4.59. The van der Waals surface area contributed by atoms with E-state index in [1.807, 2.05) is 30.3 Å². The first-order chi connectivity index (χ1) is 9.92. The fraction of sp³-hybridized carbons (Fsp3) is 0.0714. The summed E-state index contributed by atoms with van der Waals surface area (Å²) in [5.74, 6) is 1.92. The molecule has 0 aliphatic rings. The van der Waals surface area contributed by atoms with Gasteiger partial charge in [-0.15, -0.1) is 0 Å². The molecule has 0 heterocycles. The maximum absolute atomic E-state index is 5.92. The number of thiocarbonyl (C=S) groups is 1. The Balaban J connectivity index is 2.43. The Morgan fingerprint density at radius 3 is 2.24 bits per heavy atom. The van der Waals surface area contributed by atoms with Gasteiger partial charge in [0.25, 0.3) is 0 Å². The van der Waals surface area contributed by atoms with Crippen molar-refractivity contribution in [3.05, 3.63) is 49.3 Å². The van der Waals surface area contributed by atoms with Crippen LogP contribution in [0.5, 0.6) is 17.2 Å². The smallest absolute Gasteiger partial charge is 0.143 e. The van der Waals surface area contributed by atoms with E-state index in [-0.39, 0.29) is 4.99 Å². The molecule has 2 aromatic rings. The van der Waals surface area contributed by atoms with Gasteiger partial charge in [0.1, 0.15) is 22.2 Å². The molecule has 0 bridgehead atoms. The highest BCUT2D eigenvalue weighted by Gasteiger charge is 2.13. The summed E-state index contributed by atoms with van der Waals surface area (Å²) in [5.41, 5.74) is 6.41. The molecule has 0 atom stereocenters. The summed E-state index contributed by atoms with van der Waals surface area (Å²) >= 11 is 15.3. The van der Waals surface area contributed by atoms with Crippen molar-refractivity contribution in [2.24, 2.45) is 5.73 Å². The summed E-state index contributed by atoms with van der Waals surface area (Å²) in [4.78, 5) is 0.273. The van der Waals surface area contributed by atoms with E-state index in [0.29, 0.717) is 22.8 Å². The molecule has 0 unspecified atom stereocenters. The van der Waals surface area contributed by atoms with Gasteiger partial charge in [-0.05, 0) is 62.2 Å². The van der Waals surface area contributed by atoms with E-state index in [4.69, 9.17) is 27.4 Å². The Hall–Kier alpha value is -0.630. The number of hydrogen-bond donors (Lipinski definition) is 1. The van der Waals surface area contributed by atoms with Crippen LogP contribution in [0.15, 0.2) is 43.7 Å². The maximum Gasteiger partial charge on any atom is 0.143 e. The summed E-state index contributed by atoms with van der Waals surface area (Å²) < 4.78 is 13.6. The minimum Gasteiger partial charge on any atom is -0.496 e. The number of hydrogen-bond acceptors (Lipinski definition) is 3. The largest absolute Gasteiger partial charge is 0.496 e. The first-order valence-electron chi connectivity index (χ1n) is 5.72. The lowest BCUT2D eigenvalue weighted by molar-refractivity contribution is 0.409. The summed E-state index contributed by atoms with van der Waals surface area (Å²) in [6, 6.07) is 9.13. The summed E-state index contributed by atoms with van der Waals surface area (Å²) in [5, 5.41) is 0. The highest BCUT2D eigenvalue weighted by Crippen LogP contribution is 2.39. The van der Waals surface area contributed by atoms with Crippen LogP contribution in [-0.2, 0) is 0 Å². The molecule has 0 saturated heterocycles. The molecule has 7 heteroatoms. The zero-order valence-electron chi connectivity index (χ0n) is 10.8. The van der Waals surface area contributed by atoms with Gasteiger partial charge < -0.3 is 15.2 Å². The van der Waals surface area contributed by atoms with Crippen LogP contribution in [0.4, 0.5) is 0 Å². The molecule has 0 amide bonds. The van der Waals surface area contributed by atoms with Gasteiger partial charge in [0.05, 0.1) is 21.6 Å². The van der Waals surface area contributed by atoms with Crippen molar-refractivity contribution in [3.8, 4) is 17.2 Å². The van der Waals surface area contributed by atoms with Crippen molar-refractivity contribution in [1.82, 2.24) is 0 Å². The molecular weight excluding hydrogens is 486 g/mol. The van der Waals surface area contributed by atoms with Crippen LogP contribution >= 0.6 is 60.0 Å². The van der Waals surface area contributed by atoms with Gasteiger partial charge in [-0.2, -0.15) is 0 Å². The lowest BCUT2D eigenvalue weighted by atomic mass is 10.2. The fourth-order valence-corrected chi connectivity index (χ4v) is 3.06. The van der Waals surface area contributed by atoms with Gasteiger partial charge in [-0.1, -0.05) is 28.1 Å². The quantitative estimate of drug-likeness (QED) is 0.576. The molecule has 0 aliphatic heterocycles. The highest BCUT2D eigenvalue weighted by atomic mass is 79.9. The van der Waals surface area contributed by atoms with E-state index in [0.717, 1.165) is 13.4 Å². The minimum absolute atomic E-state index is 0.273. The number of ether oxygens (including phenoxy) is 2. The van der Waals surface area contributed by atoms with Gasteiger partial charge in [0.15, 0.2) is 0 Å². The number of nitrogens with two attached hydrogens (primary N) is 1. The Morgan fingerprint density at radius 2 is 1.62 bits per heavy atom. The number of halogens is 3. The second-order valence-electron chi connectivity index (χ2n) is 4.02. The molecule has 2 N–H and O–H groups in total. The van der Waals surface area contributed by atoms with E-state index < -0.39 is 0 Å². The normalized spacial score (nSPS) is 10.3. The molecule has 0 aromatic heterocycles. The second-order valence-corrected chi connectivity index (χ2v) is 7.09. The molecule has 21 heavy (non-hydrogen) atoms. The molecule has 2 rings (SSSR count). The standard InChI is InChI=1S/C14H10Br3NO2S/c1-19-12-5-10(17)13(6-9(12)16)20-11-3-2-7(15)4-8(11)14(18)21/h2-6H,1H3,(H2,18,21). The predicted molar refractivity (Wildman–Crippen MR) is 98.5 cm³/mol. The Kier molecular flexibility index (Phi) is 5.65. The summed E-state index contributed by atoms with van der Waals surface area (Å²) in [6.45, 7) is 0. The lowest BCUT2D eigenvalue weighted by Crippen LogP contribution is -2.10. The van der Waals surface area contributed by atoms with Crippen LogP contribution in [0, 0.1) is 0 Å². The number of rotatable bonds is 4. The van der Waals surface area contributed by atoms with Gasteiger partial charge in [0, 0.05) is 4.47 Å². The molecule has 0 saturated carbocycles. The summed E-state index contributed by atoms with van der Waals surface area (Å²) in [6.07, 6.45) is 0. The Labute approximate surface area is 153 Å². The Bertz CT molecular complexity index is 707. The first-order valence-corrected chi connectivity index (χ1v) is 8.51. The minimum atomic E-state index is 0.273. The first kappa shape index (κ1) is 16.7. The van der Waals surface area contributed by atoms with Crippen molar-refractivity contribution >= 4 is 65.0 Å². The molecule has 0 fully saturated rings. The lowest BCUT2D eigenvalue weighted by Gasteiger charge is -2.13. The van der Waals surface area contributed by atoms with Crippen molar-refractivity contribution in [3.63, 3.8) is 0 Å². The number of benzene rings is 2.